The fourth-order valence-electron chi connectivity index (χ4n) is 1.63. The molecule has 1 saturated heterocycles. The highest BCUT2D eigenvalue weighted by Gasteiger charge is 2.48. The molecular weight excluding hydrogens is 212 g/mol. The van der Waals surface area contributed by atoms with Crippen molar-refractivity contribution in [2.75, 3.05) is 0 Å². The normalized spacial score (nSPS) is 25.1. The number of benzene rings is 1. The van der Waals surface area contributed by atoms with E-state index in [2.05, 4.69) is 0 Å². The van der Waals surface area contributed by atoms with E-state index in [0.29, 0.717) is 4.90 Å². The van der Waals surface area contributed by atoms with Gasteiger partial charge in [-0.25, -0.2) is 8.42 Å². The molecule has 1 fully saturated rings. The van der Waals surface area contributed by atoms with Gasteiger partial charge in [0, 0.05) is 0 Å². The maximum absolute atomic E-state index is 12.0. The summed E-state index contributed by atoms with van der Waals surface area (Å²) in [7, 11) is -3.26. The second-order valence-electron chi connectivity index (χ2n) is 3.69. The summed E-state index contributed by atoms with van der Waals surface area (Å²) >= 11 is 0. The summed E-state index contributed by atoms with van der Waals surface area (Å²) < 4.78 is 29.1. The SMILES string of the molecule is CCC[C@H]1O[C@@H]1S(=O)(=O)c1ccccc1. The lowest BCUT2D eigenvalue weighted by Gasteiger charge is -1.99. The molecule has 0 aliphatic carbocycles. The van der Waals surface area contributed by atoms with E-state index in [-0.39, 0.29) is 6.10 Å². The Morgan fingerprint density at radius 1 is 1.27 bits per heavy atom. The third-order valence-corrected chi connectivity index (χ3v) is 4.44. The number of sulfone groups is 1. The molecule has 2 rings (SSSR count). The van der Waals surface area contributed by atoms with E-state index in [0.717, 1.165) is 12.8 Å². The first-order valence-corrected chi connectivity index (χ1v) is 6.65. The average Bonchev–Trinajstić information content (AvgIpc) is 3.00. The number of hydrogen-bond acceptors (Lipinski definition) is 3. The molecule has 4 heteroatoms. The third kappa shape index (κ3) is 2.06. The molecule has 15 heavy (non-hydrogen) atoms. The first-order valence-electron chi connectivity index (χ1n) is 5.10. The zero-order valence-electron chi connectivity index (χ0n) is 8.59. The van der Waals surface area contributed by atoms with Crippen molar-refractivity contribution in [2.45, 2.75) is 36.2 Å². The quantitative estimate of drug-likeness (QED) is 0.737. The summed E-state index contributed by atoms with van der Waals surface area (Å²) in [6, 6.07) is 8.48. The van der Waals surface area contributed by atoms with Gasteiger partial charge >= 0.3 is 0 Å². The molecule has 0 radical (unpaired) electrons. The number of epoxide rings is 1. The number of rotatable bonds is 4. The van der Waals surface area contributed by atoms with Crippen molar-refractivity contribution in [1.82, 2.24) is 0 Å². The zero-order valence-corrected chi connectivity index (χ0v) is 9.41. The Balaban J connectivity index is 2.16. The van der Waals surface area contributed by atoms with Gasteiger partial charge in [-0.2, -0.15) is 0 Å². The van der Waals surface area contributed by atoms with Crippen molar-refractivity contribution < 1.29 is 13.2 Å². The van der Waals surface area contributed by atoms with E-state index in [4.69, 9.17) is 4.74 Å². The van der Waals surface area contributed by atoms with Crippen LogP contribution in [0.3, 0.4) is 0 Å². The standard InChI is InChI=1S/C11H14O3S/c1-2-6-10-11(14-10)15(12,13)9-7-4-3-5-8-9/h3-5,7-8,10-11H,2,6H2,1H3/t10-,11-/m1/s1. The van der Waals surface area contributed by atoms with E-state index >= 15 is 0 Å². The highest BCUT2D eigenvalue weighted by molar-refractivity contribution is 7.92. The topological polar surface area (TPSA) is 46.7 Å². The lowest BCUT2D eigenvalue weighted by molar-refractivity contribution is 0.382. The first-order chi connectivity index (χ1) is 7.16. The van der Waals surface area contributed by atoms with Gasteiger partial charge in [0.2, 0.25) is 9.84 Å². The van der Waals surface area contributed by atoms with E-state index in [1.165, 1.54) is 0 Å². The van der Waals surface area contributed by atoms with E-state index < -0.39 is 15.3 Å². The van der Waals surface area contributed by atoms with Gasteiger partial charge in [0.25, 0.3) is 0 Å². The van der Waals surface area contributed by atoms with Crippen molar-refractivity contribution in [3.63, 3.8) is 0 Å². The highest BCUT2D eigenvalue weighted by Crippen LogP contribution is 2.35. The zero-order chi connectivity index (χ0) is 10.9. The fraction of sp³-hybridized carbons (Fsp3) is 0.455. The van der Waals surface area contributed by atoms with Crippen molar-refractivity contribution in [3.05, 3.63) is 30.3 Å². The first kappa shape index (κ1) is 10.6. The van der Waals surface area contributed by atoms with Gasteiger partial charge in [-0.05, 0) is 18.6 Å². The molecular formula is C11H14O3S. The van der Waals surface area contributed by atoms with Gasteiger partial charge < -0.3 is 4.74 Å². The molecule has 2 atom stereocenters. The highest BCUT2D eigenvalue weighted by atomic mass is 32.2. The Morgan fingerprint density at radius 3 is 2.53 bits per heavy atom. The molecule has 0 saturated carbocycles. The minimum atomic E-state index is -3.26. The van der Waals surface area contributed by atoms with Crippen molar-refractivity contribution in [2.24, 2.45) is 0 Å². The Labute approximate surface area is 90.0 Å². The van der Waals surface area contributed by atoms with Gasteiger partial charge in [-0.3, -0.25) is 0 Å². The van der Waals surface area contributed by atoms with Gasteiger partial charge in [0.15, 0.2) is 5.44 Å². The summed E-state index contributed by atoms with van der Waals surface area (Å²) in [6.45, 7) is 2.02. The minimum absolute atomic E-state index is 0.0970. The van der Waals surface area contributed by atoms with Crippen LogP contribution in [0, 0.1) is 0 Å². The second kappa shape index (κ2) is 3.94. The van der Waals surface area contributed by atoms with Gasteiger partial charge in [-0.1, -0.05) is 31.5 Å². The molecule has 0 aromatic heterocycles. The van der Waals surface area contributed by atoms with Crippen LogP contribution < -0.4 is 0 Å². The second-order valence-corrected chi connectivity index (χ2v) is 5.72. The number of ether oxygens (including phenoxy) is 1. The van der Waals surface area contributed by atoms with Crippen LogP contribution >= 0.6 is 0 Å². The maximum atomic E-state index is 12.0. The average molecular weight is 226 g/mol. The van der Waals surface area contributed by atoms with Gasteiger partial charge in [0.1, 0.15) is 6.10 Å². The lowest BCUT2D eigenvalue weighted by Crippen LogP contribution is -2.11. The van der Waals surface area contributed by atoms with Crippen molar-refractivity contribution in [3.8, 4) is 0 Å². The van der Waals surface area contributed by atoms with E-state index in [1.54, 1.807) is 30.3 Å². The smallest absolute Gasteiger partial charge is 0.207 e. The van der Waals surface area contributed by atoms with Crippen LogP contribution in [0.4, 0.5) is 0 Å². The summed E-state index contributed by atoms with van der Waals surface area (Å²) in [4.78, 5) is 0.355. The van der Waals surface area contributed by atoms with Crippen LogP contribution in [-0.4, -0.2) is 20.0 Å². The van der Waals surface area contributed by atoms with Gasteiger partial charge in [-0.15, -0.1) is 0 Å². The summed E-state index contributed by atoms with van der Waals surface area (Å²) in [5.41, 5.74) is -0.611. The third-order valence-electron chi connectivity index (χ3n) is 2.49. The molecule has 1 aliphatic rings. The predicted molar refractivity (Wildman–Crippen MR) is 57.2 cm³/mol. The van der Waals surface area contributed by atoms with Crippen LogP contribution in [0.2, 0.25) is 0 Å². The minimum Gasteiger partial charge on any atom is -0.352 e. The summed E-state index contributed by atoms with van der Waals surface area (Å²) in [5.74, 6) is 0. The van der Waals surface area contributed by atoms with Crippen LogP contribution in [0.25, 0.3) is 0 Å². The van der Waals surface area contributed by atoms with Crippen LogP contribution in [0.1, 0.15) is 19.8 Å². The molecule has 0 N–H and O–H groups in total. The Hall–Kier alpha value is -0.870. The summed E-state index contributed by atoms with van der Waals surface area (Å²) in [6.07, 6.45) is 1.67. The molecule has 1 aromatic rings. The lowest BCUT2D eigenvalue weighted by atomic mass is 10.3. The Kier molecular flexibility index (Phi) is 2.80. The molecule has 1 aliphatic heterocycles. The van der Waals surface area contributed by atoms with Crippen LogP contribution in [-0.2, 0) is 14.6 Å². The molecule has 82 valence electrons. The van der Waals surface area contributed by atoms with E-state index in [1.807, 2.05) is 6.92 Å². The molecule has 0 bridgehead atoms. The van der Waals surface area contributed by atoms with E-state index in [9.17, 15) is 8.42 Å². The maximum Gasteiger partial charge on any atom is 0.207 e. The fourth-order valence-corrected chi connectivity index (χ4v) is 3.26. The molecule has 0 amide bonds. The Morgan fingerprint density at radius 2 is 1.93 bits per heavy atom. The van der Waals surface area contributed by atoms with Crippen molar-refractivity contribution in [1.29, 1.82) is 0 Å². The largest absolute Gasteiger partial charge is 0.352 e. The number of hydrogen-bond donors (Lipinski definition) is 0. The van der Waals surface area contributed by atoms with Gasteiger partial charge in [0.05, 0.1) is 4.90 Å². The predicted octanol–water partition coefficient (Wildman–Crippen LogP) is 1.99. The monoisotopic (exact) mass is 226 g/mol. The molecule has 0 unspecified atom stereocenters. The molecule has 1 aromatic carbocycles. The van der Waals surface area contributed by atoms with Crippen LogP contribution in [0.15, 0.2) is 35.2 Å². The van der Waals surface area contributed by atoms with Crippen molar-refractivity contribution >= 4 is 9.84 Å². The Bertz CT molecular complexity index is 424. The molecule has 0 spiro atoms. The summed E-state index contributed by atoms with van der Waals surface area (Å²) in [5, 5.41) is 0. The molecule has 1 heterocycles. The van der Waals surface area contributed by atoms with Crippen LogP contribution in [0.5, 0.6) is 0 Å². The molecule has 3 nitrogen and oxygen atoms in total.